The van der Waals surface area contributed by atoms with Crippen LogP contribution in [0.25, 0.3) is 0 Å². The van der Waals surface area contributed by atoms with Crippen molar-refractivity contribution in [3.8, 4) is 6.01 Å². The molecular formula is C39H47ClF3N9O8. The summed E-state index contributed by atoms with van der Waals surface area (Å²) < 4.78 is 54.1. The largest absolute Gasteiger partial charge is 0.467 e. The van der Waals surface area contributed by atoms with Crippen LogP contribution in [0.15, 0.2) is 48.5 Å². The highest BCUT2D eigenvalue weighted by molar-refractivity contribution is 6.35. The van der Waals surface area contributed by atoms with Crippen molar-refractivity contribution in [1.29, 1.82) is 0 Å². The van der Waals surface area contributed by atoms with Gasteiger partial charge in [0.05, 0.1) is 12.6 Å². The highest BCUT2D eigenvalue weighted by atomic mass is 35.5. The minimum absolute atomic E-state index is 0.0357. The fourth-order valence-corrected chi connectivity index (χ4v) is 6.32. The molecule has 5 N–H and O–H groups in total. The van der Waals surface area contributed by atoms with Gasteiger partial charge >= 0.3 is 36.1 Å². The van der Waals surface area contributed by atoms with E-state index in [4.69, 9.17) is 25.8 Å². The second kappa shape index (κ2) is 19.4. The van der Waals surface area contributed by atoms with E-state index in [1.807, 2.05) is 12.1 Å². The molecule has 17 nitrogen and oxygen atoms in total. The maximum atomic E-state index is 13.2. The molecule has 60 heavy (non-hydrogen) atoms. The first-order valence-corrected chi connectivity index (χ1v) is 19.5. The molecule has 2 fully saturated rings. The zero-order valence-corrected chi connectivity index (χ0v) is 34.2. The molecule has 2 aromatic carbocycles. The topological polar surface area (TPSA) is 215 Å². The van der Waals surface area contributed by atoms with Crippen LogP contribution in [0.2, 0.25) is 5.02 Å². The second-order valence-corrected chi connectivity index (χ2v) is 15.8. The van der Waals surface area contributed by atoms with Crippen molar-refractivity contribution in [2.75, 3.05) is 50.5 Å². The van der Waals surface area contributed by atoms with E-state index >= 15 is 0 Å². The molecule has 2 aliphatic rings. The number of halogens is 4. The SMILES string of the molecule is COC(=O)[C@H](CCNC(=O)C(=O)NCC1CCCN(C(=O)OC(C)(C)C)C1)NC(=O)c1ccc(Nc2nc(NC3(c4ccc(Cl)cc4)CC3)nc(OCC(F)(F)F)n2)cc1. The standard InChI is InChI=1S/C39H47ClF3N9O8/c1-37(2,3)60-36(57)52-19-5-6-23(21-52)20-45-31(55)30(54)44-18-15-28(32(56)58-4)47-29(53)24-7-13-27(14-8-24)46-33-48-34(50-35(49-33)59-22-39(41,42)43)51-38(16-17-38)25-9-11-26(40)12-10-25/h7-14,23,28H,5-6,15-22H2,1-4H3,(H,44,54)(H,45,55)(H,47,53)(H2,46,48,49,50,51)/t23?,28-/m0/s1. The first-order valence-electron chi connectivity index (χ1n) is 19.1. The fraction of sp³-hybridized carbons (Fsp3) is 0.487. The Morgan fingerprint density at radius 2 is 1.60 bits per heavy atom. The van der Waals surface area contributed by atoms with Gasteiger partial charge in [-0.25, -0.2) is 9.59 Å². The number of methoxy groups -OCH3 is 1. The smallest absolute Gasteiger partial charge is 0.422 e. The van der Waals surface area contributed by atoms with Crippen molar-refractivity contribution >= 4 is 59.0 Å². The van der Waals surface area contributed by atoms with Crippen LogP contribution < -0.4 is 31.3 Å². The number of carbonyl (C=O) groups excluding carboxylic acids is 5. The van der Waals surface area contributed by atoms with Crippen molar-refractivity contribution in [3.63, 3.8) is 0 Å². The number of benzene rings is 2. The van der Waals surface area contributed by atoms with Gasteiger partial charge in [-0.3, -0.25) is 14.4 Å². The van der Waals surface area contributed by atoms with Crippen LogP contribution in [0.5, 0.6) is 6.01 Å². The Morgan fingerprint density at radius 1 is 0.933 bits per heavy atom. The minimum atomic E-state index is -4.64. The lowest BCUT2D eigenvalue weighted by Gasteiger charge is -2.34. The monoisotopic (exact) mass is 861 g/mol. The van der Waals surface area contributed by atoms with Crippen LogP contribution in [0.3, 0.4) is 0 Å². The van der Waals surface area contributed by atoms with Crippen LogP contribution in [0.1, 0.15) is 68.8 Å². The van der Waals surface area contributed by atoms with E-state index < -0.39 is 65.8 Å². The summed E-state index contributed by atoms with van der Waals surface area (Å²) in [6.45, 7) is 4.60. The van der Waals surface area contributed by atoms with Crippen LogP contribution in [-0.4, -0.2) is 107 Å². The highest BCUT2D eigenvalue weighted by Crippen LogP contribution is 2.48. The van der Waals surface area contributed by atoms with E-state index in [-0.39, 0.29) is 42.9 Å². The highest BCUT2D eigenvalue weighted by Gasteiger charge is 2.45. The van der Waals surface area contributed by atoms with Gasteiger partial charge in [-0.1, -0.05) is 23.7 Å². The van der Waals surface area contributed by atoms with Crippen molar-refractivity contribution < 1.29 is 51.4 Å². The molecule has 2 heterocycles. The Labute approximate surface area is 348 Å². The predicted octanol–water partition coefficient (Wildman–Crippen LogP) is 4.85. The molecule has 1 saturated heterocycles. The van der Waals surface area contributed by atoms with E-state index in [1.54, 1.807) is 37.8 Å². The molecule has 1 saturated carbocycles. The zero-order valence-electron chi connectivity index (χ0n) is 33.4. The van der Waals surface area contributed by atoms with Gasteiger partial charge in [0.25, 0.3) is 5.91 Å². The molecule has 21 heteroatoms. The summed E-state index contributed by atoms with van der Waals surface area (Å²) in [6.07, 6.45) is -2.33. The van der Waals surface area contributed by atoms with Gasteiger partial charge in [0.2, 0.25) is 11.9 Å². The predicted molar refractivity (Wildman–Crippen MR) is 212 cm³/mol. The molecule has 324 valence electrons. The van der Waals surface area contributed by atoms with Crippen LogP contribution >= 0.6 is 11.6 Å². The lowest BCUT2D eigenvalue weighted by Crippen LogP contribution is -2.48. The van der Waals surface area contributed by atoms with Gasteiger partial charge in [-0.05, 0) is 101 Å². The third kappa shape index (κ3) is 13.6. The van der Waals surface area contributed by atoms with E-state index in [2.05, 4.69) is 41.5 Å². The minimum Gasteiger partial charge on any atom is -0.467 e. The number of rotatable bonds is 15. The van der Waals surface area contributed by atoms with E-state index in [1.165, 1.54) is 24.3 Å². The molecule has 1 aliphatic carbocycles. The molecule has 1 aliphatic heterocycles. The third-order valence-corrected chi connectivity index (χ3v) is 9.57. The van der Waals surface area contributed by atoms with E-state index in [0.717, 1.165) is 19.1 Å². The van der Waals surface area contributed by atoms with Crippen LogP contribution in [0.4, 0.5) is 35.5 Å². The molecule has 1 aromatic heterocycles. The molecule has 0 bridgehead atoms. The Hall–Kier alpha value is -5.92. The number of esters is 1. The number of ether oxygens (including phenoxy) is 3. The average Bonchev–Trinajstić information content (AvgIpc) is 3.98. The number of aromatic nitrogens is 3. The van der Waals surface area contributed by atoms with E-state index in [9.17, 15) is 37.1 Å². The Bertz CT molecular complexity index is 2010. The molecular weight excluding hydrogens is 815 g/mol. The third-order valence-electron chi connectivity index (χ3n) is 9.32. The summed E-state index contributed by atoms with van der Waals surface area (Å²) in [5, 5.41) is 14.2. The Balaban J connectivity index is 1.14. The number of hydrogen-bond acceptors (Lipinski definition) is 13. The first kappa shape index (κ1) is 45.2. The molecule has 0 radical (unpaired) electrons. The summed E-state index contributed by atoms with van der Waals surface area (Å²) in [7, 11) is 1.13. The average molecular weight is 862 g/mol. The van der Waals surface area contributed by atoms with Gasteiger partial charge in [0, 0.05) is 42.5 Å². The summed E-state index contributed by atoms with van der Waals surface area (Å²) in [5.74, 6) is -3.55. The van der Waals surface area contributed by atoms with Gasteiger partial charge in [0.15, 0.2) is 6.61 Å². The summed E-state index contributed by atoms with van der Waals surface area (Å²) in [5.41, 5.74) is 0.147. The lowest BCUT2D eigenvalue weighted by molar-refractivity contribution is -0.154. The Morgan fingerprint density at radius 3 is 2.23 bits per heavy atom. The number of hydrogen-bond donors (Lipinski definition) is 5. The van der Waals surface area contributed by atoms with Crippen molar-refractivity contribution in [2.24, 2.45) is 5.92 Å². The summed E-state index contributed by atoms with van der Waals surface area (Å²) in [6, 6.07) is 11.1. The lowest BCUT2D eigenvalue weighted by atomic mass is 9.98. The van der Waals surface area contributed by atoms with Crippen LogP contribution in [0, 0.1) is 5.92 Å². The van der Waals surface area contributed by atoms with Gasteiger partial charge in [-0.2, -0.15) is 28.1 Å². The molecule has 4 amide bonds. The number of carbonyl (C=O) groups is 5. The molecule has 0 spiro atoms. The normalized spacial score (nSPS) is 16.4. The molecule has 2 atom stereocenters. The number of alkyl halides is 3. The Kier molecular flexibility index (Phi) is 14.6. The molecule has 5 rings (SSSR count). The van der Waals surface area contributed by atoms with Crippen molar-refractivity contribution in [3.05, 3.63) is 64.7 Å². The van der Waals surface area contributed by atoms with E-state index in [0.29, 0.717) is 43.1 Å². The summed E-state index contributed by atoms with van der Waals surface area (Å²) in [4.78, 5) is 77.1. The maximum Gasteiger partial charge on any atom is 0.422 e. The first-order chi connectivity index (χ1) is 28.3. The quantitative estimate of drug-likeness (QED) is 0.102. The van der Waals surface area contributed by atoms with Crippen LogP contribution in [-0.2, 0) is 29.4 Å². The molecule has 3 aromatic rings. The fourth-order valence-electron chi connectivity index (χ4n) is 6.19. The number of anilines is 3. The number of likely N-dealkylation sites (tertiary alicyclic amines) is 1. The second-order valence-electron chi connectivity index (χ2n) is 15.3. The van der Waals surface area contributed by atoms with Gasteiger partial charge in [-0.15, -0.1) is 0 Å². The number of piperidine rings is 1. The van der Waals surface area contributed by atoms with Crippen molar-refractivity contribution in [1.82, 2.24) is 35.8 Å². The molecule has 1 unspecified atom stereocenters. The number of nitrogens with zero attached hydrogens (tertiary/aromatic N) is 4. The summed E-state index contributed by atoms with van der Waals surface area (Å²) >= 11 is 6.04. The zero-order chi connectivity index (χ0) is 43.7. The number of amides is 4. The van der Waals surface area contributed by atoms with Crippen molar-refractivity contribution in [2.45, 2.75) is 76.2 Å². The maximum absolute atomic E-state index is 13.2. The van der Waals surface area contributed by atoms with Gasteiger partial charge in [0.1, 0.15) is 11.6 Å². The number of nitrogens with one attached hydrogen (secondary N) is 5. The van der Waals surface area contributed by atoms with Gasteiger partial charge < -0.3 is 45.7 Å².